The number of amides is 1. The molecular weight excluding hydrogens is 454 g/mol. The van der Waals surface area contributed by atoms with Crippen LogP contribution >= 0.6 is 0 Å². The van der Waals surface area contributed by atoms with Crippen molar-refractivity contribution in [3.63, 3.8) is 0 Å². The lowest BCUT2D eigenvalue weighted by Gasteiger charge is -2.09. The number of rotatable bonds is 6. The molecule has 5 aromatic rings. The number of furan rings is 1. The zero-order valence-corrected chi connectivity index (χ0v) is 19.3. The second-order valence-electron chi connectivity index (χ2n) is 7.91. The van der Waals surface area contributed by atoms with E-state index >= 15 is 0 Å². The molecule has 0 fully saturated rings. The Balaban J connectivity index is 1.36. The summed E-state index contributed by atoms with van der Waals surface area (Å²) in [7, 11) is 1.34. The van der Waals surface area contributed by atoms with Crippen molar-refractivity contribution >= 4 is 29.0 Å². The Morgan fingerprint density at radius 3 is 2.50 bits per heavy atom. The molecule has 0 atom stereocenters. The van der Waals surface area contributed by atoms with E-state index in [9.17, 15) is 9.59 Å². The van der Waals surface area contributed by atoms with Crippen LogP contribution in [-0.2, 0) is 4.74 Å². The first kappa shape index (κ1) is 22.7. The molecule has 1 amide bonds. The Kier molecular flexibility index (Phi) is 6.36. The molecule has 7 nitrogen and oxygen atoms in total. The van der Waals surface area contributed by atoms with Gasteiger partial charge in [-0.2, -0.15) is 5.10 Å². The van der Waals surface area contributed by atoms with Crippen molar-refractivity contribution in [2.24, 2.45) is 5.10 Å². The molecule has 0 radical (unpaired) electrons. The van der Waals surface area contributed by atoms with Gasteiger partial charge in [0.1, 0.15) is 11.5 Å². The Labute approximate surface area is 207 Å². The number of pyridine rings is 1. The summed E-state index contributed by atoms with van der Waals surface area (Å²) in [5.74, 6) is 0.214. The van der Waals surface area contributed by atoms with E-state index in [1.165, 1.54) is 13.3 Å². The first-order valence-corrected chi connectivity index (χ1v) is 11.2. The van der Waals surface area contributed by atoms with Crippen molar-refractivity contribution in [1.82, 2.24) is 10.4 Å². The summed E-state index contributed by atoms with van der Waals surface area (Å²) >= 11 is 0. The first-order chi connectivity index (χ1) is 17.6. The molecule has 0 spiro atoms. The van der Waals surface area contributed by atoms with Gasteiger partial charge in [-0.3, -0.25) is 4.79 Å². The van der Waals surface area contributed by atoms with E-state index in [2.05, 4.69) is 10.5 Å². The predicted molar refractivity (Wildman–Crippen MR) is 138 cm³/mol. The van der Waals surface area contributed by atoms with Gasteiger partial charge in [0, 0.05) is 16.5 Å². The van der Waals surface area contributed by atoms with Crippen molar-refractivity contribution in [1.29, 1.82) is 0 Å². The van der Waals surface area contributed by atoms with Crippen LogP contribution in [0.3, 0.4) is 0 Å². The van der Waals surface area contributed by atoms with Crippen LogP contribution in [0.25, 0.3) is 33.5 Å². The quantitative estimate of drug-likeness (QED) is 0.193. The number of para-hydroxylation sites is 1. The second kappa shape index (κ2) is 10.1. The summed E-state index contributed by atoms with van der Waals surface area (Å²) in [5, 5.41) is 4.81. The normalized spacial score (nSPS) is 11.0. The fourth-order valence-corrected chi connectivity index (χ4v) is 3.83. The lowest BCUT2D eigenvalue weighted by atomic mass is 10.0. The highest BCUT2D eigenvalue weighted by Crippen LogP contribution is 2.25. The van der Waals surface area contributed by atoms with Gasteiger partial charge >= 0.3 is 5.97 Å². The number of hydrogen-bond donors (Lipinski definition) is 1. The minimum atomic E-state index is -0.424. The van der Waals surface area contributed by atoms with Crippen molar-refractivity contribution < 1.29 is 18.7 Å². The maximum Gasteiger partial charge on any atom is 0.337 e. The summed E-state index contributed by atoms with van der Waals surface area (Å²) in [6.45, 7) is 0. The van der Waals surface area contributed by atoms with Gasteiger partial charge in [0.15, 0.2) is 0 Å². The van der Waals surface area contributed by atoms with E-state index in [0.717, 1.165) is 22.0 Å². The van der Waals surface area contributed by atoms with Crippen LogP contribution < -0.4 is 5.43 Å². The zero-order chi connectivity index (χ0) is 24.9. The van der Waals surface area contributed by atoms with E-state index in [1.807, 2.05) is 60.7 Å². The standard InChI is InChI=1S/C29H21N3O4/c1-35-29(34)21-11-7-10-20(16-21)27-15-14-22(36-27)18-30-32-28(33)24-17-26(19-8-3-2-4-9-19)31-25-13-6-5-12-23(24)25/h2-18H,1H3,(H,32,33)/b30-18-. The van der Waals surface area contributed by atoms with Crippen LogP contribution in [0.15, 0.2) is 107 Å². The molecule has 0 unspecified atom stereocenters. The molecule has 0 aliphatic rings. The molecule has 36 heavy (non-hydrogen) atoms. The Bertz CT molecular complexity index is 1590. The van der Waals surface area contributed by atoms with E-state index < -0.39 is 5.97 Å². The lowest BCUT2D eigenvalue weighted by molar-refractivity contribution is 0.0600. The average Bonchev–Trinajstić information content (AvgIpc) is 3.41. The average molecular weight is 476 g/mol. The number of ether oxygens (including phenoxy) is 1. The van der Waals surface area contributed by atoms with Gasteiger partial charge in [0.05, 0.1) is 35.7 Å². The van der Waals surface area contributed by atoms with Crippen LogP contribution in [0.5, 0.6) is 0 Å². The first-order valence-electron chi connectivity index (χ1n) is 11.2. The summed E-state index contributed by atoms with van der Waals surface area (Å²) in [6.07, 6.45) is 1.42. The lowest BCUT2D eigenvalue weighted by Crippen LogP contribution is -2.18. The smallest absolute Gasteiger partial charge is 0.337 e. The number of hydrazone groups is 1. The van der Waals surface area contributed by atoms with E-state index in [1.54, 1.807) is 36.4 Å². The van der Waals surface area contributed by atoms with Crippen LogP contribution in [0, 0.1) is 0 Å². The highest BCUT2D eigenvalue weighted by molar-refractivity contribution is 6.07. The third kappa shape index (κ3) is 4.76. The van der Waals surface area contributed by atoms with Crippen LogP contribution in [0.4, 0.5) is 0 Å². The number of methoxy groups -OCH3 is 1. The molecule has 0 saturated heterocycles. The highest BCUT2D eigenvalue weighted by Gasteiger charge is 2.14. The molecule has 1 N–H and O–H groups in total. The molecule has 3 aromatic carbocycles. The van der Waals surface area contributed by atoms with E-state index in [4.69, 9.17) is 14.1 Å². The van der Waals surface area contributed by atoms with Crippen LogP contribution in [-0.4, -0.2) is 30.2 Å². The van der Waals surface area contributed by atoms with Gasteiger partial charge in [-0.05, 0) is 36.4 Å². The van der Waals surface area contributed by atoms with E-state index in [-0.39, 0.29) is 5.91 Å². The number of carbonyl (C=O) groups excluding carboxylic acids is 2. The SMILES string of the molecule is COC(=O)c1cccc(-c2ccc(/C=N\NC(=O)c3cc(-c4ccccc4)nc4ccccc34)o2)c1. The number of nitrogens with zero attached hydrogens (tertiary/aromatic N) is 2. The van der Waals surface area contributed by atoms with Gasteiger partial charge in [0.25, 0.3) is 5.91 Å². The fraction of sp³-hybridized carbons (Fsp3) is 0.0345. The maximum absolute atomic E-state index is 13.1. The molecule has 0 saturated carbocycles. The summed E-state index contributed by atoms with van der Waals surface area (Å²) in [6, 6.07) is 29.4. The molecule has 0 aliphatic carbocycles. The number of nitrogens with one attached hydrogen (secondary N) is 1. The third-order valence-electron chi connectivity index (χ3n) is 5.58. The van der Waals surface area contributed by atoms with E-state index in [0.29, 0.717) is 28.3 Å². The number of aromatic nitrogens is 1. The van der Waals surface area contributed by atoms with Crippen molar-refractivity contribution in [2.45, 2.75) is 0 Å². The maximum atomic E-state index is 13.1. The molecule has 2 heterocycles. The van der Waals surface area contributed by atoms with Crippen LogP contribution in [0.2, 0.25) is 0 Å². The van der Waals surface area contributed by atoms with Gasteiger partial charge < -0.3 is 9.15 Å². The summed E-state index contributed by atoms with van der Waals surface area (Å²) in [4.78, 5) is 29.6. The summed E-state index contributed by atoms with van der Waals surface area (Å²) < 4.78 is 10.6. The number of carbonyl (C=O) groups is 2. The summed E-state index contributed by atoms with van der Waals surface area (Å²) in [5.41, 5.74) is 6.53. The number of esters is 1. The topological polar surface area (TPSA) is 93.8 Å². The Hall–Kier alpha value is -5.04. The molecular formula is C29H21N3O4. The van der Waals surface area contributed by atoms with Crippen molar-refractivity contribution in [3.8, 4) is 22.6 Å². The number of hydrogen-bond acceptors (Lipinski definition) is 6. The Morgan fingerprint density at radius 2 is 1.67 bits per heavy atom. The monoisotopic (exact) mass is 475 g/mol. The van der Waals surface area contributed by atoms with Crippen LogP contribution in [0.1, 0.15) is 26.5 Å². The second-order valence-corrected chi connectivity index (χ2v) is 7.91. The highest BCUT2D eigenvalue weighted by atomic mass is 16.5. The molecule has 176 valence electrons. The largest absolute Gasteiger partial charge is 0.465 e. The van der Waals surface area contributed by atoms with Gasteiger partial charge in [-0.1, -0.05) is 60.7 Å². The molecule has 0 bridgehead atoms. The minimum absolute atomic E-state index is 0.361. The molecule has 0 aliphatic heterocycles. The number of benzene rings is 3. The fourth-order valence-electron chi connectivity index (χ4n) is 3.83. The van der Waals surface area contributed by atoms with Gasteiger partial charge in [0.2, 0.25) is 0 Å². The minimum Gasteiger partial charge on any atom is -0.465 e. The van der Waals surface area contributed by atoms with Gasteiger partial charge in [-0.15, -0.1) is 0 Å². The molecule has 5 rings (SSSR count). The van der Waals surface area contributed by atoms with Crippen molar-refractivity contribution in [2.75, 3.05) is 7.11 Å². The number of fused-ring (bicyclic) bond motifs is 1. The molecule has 7 heteroatoms. The third-order valence-corrected chi connectivity index (χ3v) is 5.58. The Morgan fingerprint density at radius 1 is 0.889 bits per heavy atom. The predicted octanol–water partition coefficient (Wildman–Crippen LogP) is 5.71. The molecule has 2 aromatic heterocycles. The van der Waals surface area contributed by atoms with Crippen molar-refractivity contribution in [3.05, 3.63) is 114 Å². The zero-order valence-electron chi connectivity index (χ0n) is 19.3. The van der Waals surface area contributed by atoms with Gasteiger partial charge in [-0.25, -0.2) is 15.2 Å².